The van der Waals surface area contributed by atoms with Crippen molar-refractivity contribution in [1.82, 2.24) is 0 Å². The van der Waals surface area contributed by atoms with E-state index in [-0.39, 0.29) is 0 Å². The summed E-state index contributed by atoms with van der Waals surface area (Å²) in [5.41, 5.74) is 0. The number of hydrogen-bond donors (Lipinski definition) is 4. The van der Waals surface area contributed by atoms with Crippen LogP contribution in [0.1, 0.15) is 0 Å². The van der Waals surface area contributed by atoms with Crippen molar-refractivity contribution in [2.75, 3.05) is 13.2 Å². The zero-order chi connectivity index (χ0) is 19.4. The molecular formula is C4H10O16S4. The van der Waals surface area contributed by atoms with Crippen LogP contribution in [0.25, 0.3) is 0 Å². The SMILES string of the molecule is O=S(=O)(O)OC[C@@H](OS(=O)(=O)O)[C@@H](COS(=O)(=O)O)OS(=O)(=O)O. The van der Waals surface area contributed by atoms with Crippen molar-refractivity contribution < 1.29 is 68.6 Å². The summed E-state index contributed by atoms with van der Waals surface area (Å²) in [5.74, 6) is 0. The Bertz CT molecular complexity index is 743. The molecule has 146 valence electrons. The number of hydrogen-bond acceptors (Lipinski definition) is 12. The summed E-state index contributed by atoms with van der Waals surface area (Å²) in [5, 5.41) is 0. The van der Waals surface area contributed by atoms with Gasteiger partial charge in [-0.05, 0) is 0 Å². The van der Waals surface area contributed by atoms with Gasteiger partial charge in [-0.3, -0.25) is 18.2 Å². The minimum absolute atomic E-state index is 1.56. The lowest BCUT2D eigenvalue weighted by Gasteiger charge is -2.22. The van der Waals surface area contributed by atoms with Crippen molar-refractivity contribution in [3.63, 3.8) is 0 Å². The van der Waals surface area contributed by atoms with Crippen LogP contribution in [0, 0.1) is 0 Å². The second-order valence-electron chi connectivity index (χ2n) is 3.55. The van der Waals surface area contributed by atoms with Crippen LogP contribution in [0.2, 0.25) is 0 Å². The van der Waals surface area contributed by atoms with Crippen LogP contribution in [-0.2, 0) is 58.3 Å². The largest absolute Gasteiger partial charge is 0.397 e. The van der Waals surface area contributed by atoms with E-state index in [1.54, 1.807) is 0 Å². The van der Waals surface area contributed by atoms with E-state index in [0.29, 0.717) is 0 Å². The van der Waals surface area contributed by atoms with Gasteiger partial charge >= 0.3 is 41.6 Å². The first-order chi connectivity index (χ1) is 10.4. The van der Waals surface area contributed by atoms with Gasteiger partial charge in [0.1, 0.15) is 12.2 Å². The lowest BCUT2D eigenvalue weighted by Crippen LogP contribution is -2.42. The van der Waals surface area contributed by atoms with Crippen molar-refractivity contribution in [3.05, 3.63) is 0 Å². The maximum Gasteiger partial charge on any atom is 0.397 e. The molecule has 24 heavy (non-hydrogen) atoms. The Kier molecular flexibility index (Phi) is 8.06. The Morgan fingerprint density at radius 2 is 0.792 bits per heavy atom. The second kappa shape index (κ2) is 8.24. The standard InChI is InChI=1S/C4H10O16S4/c5-21(6,7)17-1-3(19-23(11,12)13)4(20-24(14,15)16)2-18-22(8,9)10/h3-4H,1-2H2,(H,5,6,7)(H,8,9,10)(H,11,12,13)(H,14,15,16)/t3-,4-/m1/s1. The molecule has 0 saturated carbocycles. The van der Waals surface area contributed by atoms with E-state index in [9.17, 15) is 33.7 Å². The quantitative estimate of drug-likeness (QED) is 0.232. The van der Waals surface area contributed by atoms with Gasteiger partial charge in [-0.15, -0.1) is 0 Å². The van der Waals surface area contributed by atoms with Crippen LogP contribution >= 0.6 is 0 Å². The summed E-state index contributed by atoms with van der Waals surface area (Å²) < 4.78 is 133. The van der Waals surface area contributed by atoms with Gasteiger partial charge < -0.3 is 0 Å². The summed E-state index contributed by atoms with van der Waals surface area (Å²) >= 11 is 0. The average Bonchev–Trinajstić information content (AvgIpc) is 2.25. The Hall–Kier alpha value is -0.520. The molecule has 0 aliphatic carbocycles. The highest BCUT2D eigenvalue weighted by atomic mass is 32.3. The molecule has 0 unspecified atom stereocenters. The smallest absolute Gasteiger partial charge is 0.264 e. The Labute approximate surface area is 136 Å². The Morgan fingerprint density at radius 3 is 0.958 bits per heavy atom. The molecular weight excluding hydrogens is 432 g/mol. The molecule has 0 aliphatic heterocycles. The average molecular weight is 442 g/mol. The molecule has 0 heterocycles. The molecule has 2 atom stereocenters. The predicted molar refractivity (Wildman–Crippen MR) is 67.8 cm³/mol. The van der Waals surface area contributed by atoms with Crippen molar-refractivity contribution >= 4 is 41.6 Å². The topological polar surface area (TPSA) is 254 Å². The molecule has 0 radical (unpaired) electrons. The third-order valence-corrected chi connectivity index (χ3v) is 3.52. The molecule has 0 amide bonds. The van der Waals surface area contributed by atoms with Gasteiger partial charge in [0.25, 0.3) is 0 Å². The first kappa shape index (κ1) is 23.5. The fourth-order valence-corrected chi connectivity index (χ4v) is 2.61. The monoisotopic (exact) mass is 442 g/mol. The first-order valence-electron chi connectivity index (χ1n) is 4.93. The van der Waals surface area contributed by atoms with Crippen molar-refractivity contribution in [1.29, 1.82) is 0 Å². The third kappa shape index (κ3) is 13.9. The predicted octanol–water partition coefficient (Wildman–Crippen LogP) is -3.00. The first-order valence-corrected chi connectivity index (χ1v) is 10.4. The lowest BCUT2D eigenvalue weighted by molar-refractivity contribution is -0.00634. The summed E-state index contributed by atoms with van der Waals surface area (Å²) in [6.07, 6.45) is -4.99. The normalized spacial score (nSPS) is 16.7. The van der Waals surface area contributed by atoms with Gasteiger partial charge in [-0.25, -0.2) is 16.7 Å². The molecule has 0 rings (SSSR count). The molecule has 0 aliphatic rings. The van der Waals surface area contributed by atoms with Crippen LogP contribution in [0.15, 0.2) is 0 Å². The fourth-order valence-electron chi connectivity index (χ4n) is 1.01. The van der Waals surface area contributed by atoms with Crippen LogP contribution in [0.5, 0.6) is 0 Å². The molecule has 0 aromatic carbocycles. The zero-order valence-corrected chi connectivity index (χ0v) is 14.2. The summed E-state index contributed by atoms with van der Waals surface area (Å²) in [7, 11) is -21.3. The van der Waals surface area contributed by atoms with Crippen molar-refractivity contribution in [3.8, 4) is 0 Å². The van der Waals surface area contributed by atoms with Crippen LogP contribution in [-0.4, -0.2) is 77.3 Å². The zero-order valence-electron chi connectivity index (χ0n) is 10.9. The van der Waals surface area contributed by atoms with E-state index < -0.39 is 67.0 Å². The van der Waals surface area contributed by atoms with E-state index in [4.69, 9.17) is 18.2 Å². The molecule has 20 heteroatoms. The molecule has 0 spiro atoms. The van der Waals surface area contributed by atoms with Gasteiger partial charge in [-0.2, -0.15) is 33.7 Å². The van der Waals surface area contributed by atoms with E-state index in [1.807, 2.05) is 0 Å². The van der Waals surface area contributed by atoms with E-state index in [2.05, 4.69) is 16.7 Å². The number of rotatable bonds is 11. The Balaban J connectivity index is 5.57. The molecule has 4 N–H and O–H groups in total. The van der Waals surface area contributed by atoms with Crippen molar-refractivity contribution in [2.24, 2.45) is 0 Å². The van der Waals surface area contributed by atoms with E-state index >= 15 is 0 Å². The van der Waals surface area contributed by atoms with Gasteiger partial charge in [-0.1, -0.05) is 0 Å². The maximum atomic E-state index is 10.6. The van der Waals surface area contributed by atoms with Crippen LogP contribution < -0.4 is 0 Å². The van der Waals surface area contributed by atoms with E-state index in [0.717, 1.165) is 0 Å². The minimum atomic E-state index is -5.43. The molecule has 0 aromatic rings. The van der Waals surface area contributed by atoms with Gasteiger partial charge in [0, 0.05) is 0 Å². The van der Waals surface area contributed by atoms with Crippen LogP contribution in [0.4, 0.5) is 0 Å². The fraction of sp³-hybridized carbons (Fsp3) is 1.00. The maximum absolute atomic E-state index is 10.6. The van der Waals surface area contributed by atoms with E-state index in [1.165, 1.54) is 0 Å². The highest BCUT2D eigenvalue weighted by molar-refractivity contribution is 7.81. The lowest BCUT2D eigenvalue weighted by atomic mass is 10.2. The molecule has 0 fully saturated rings. The van der Waals surface area contributed by atoms with Gasteiger partial charge in [0.15, 0.2) is 0 Å². The van der Waals surface area contributed by atoms with Crippen molar-refractivity contribution in [2.45, 2.75) is 12.2 Å². The molecule has 0 aromatic heterocycles. The molecule has 0 bridgehead atoms. The summed E-state index contributed by atoms with van der Waals surface area (Å²) in [6, 6.07) is 0. The molecule has 16 nitrogen and oxygen atoms in total. The van der Waals surface area contributed by atoms with Crippen LogP contribution in [0.3, 0.4) is 0 Å². The highest BCUT2D eigenvalue weighted by Crippen LogP contribution is 2.13. The van der Waals surface area contributed by atoms with Gasteiger partial charge in [0.05, 0.1) is 13.2 Å². The Morgan fingerprint density at radius 1 is 0.542 bits per heavy atom. The minimum Gasteiger partial charge on any atom is -0.264 e. The highest BCUT2D eigenvalue weighted by Gasteiger charge is 2.34. The summed E-state index contributed by atoms with van der Waals surface area (Å²) in [6.45, 7) is -3.12. The second-order valence-corrected chi connectivity index (χ2v) is 7.83. The summed E-state index contributed by atoms with van der Waals surface area (Å²) in [4.78, 5) is 0. The molecule has 0 saturated heterocycles. The van der Waals surface area contributed by atoms with Gasteiger partial charge in [0.2, 0.25) is 0 Å². The third-order valence-electron chi connectivity index (χ3n) is 1.67.